The molecule has 1 amide bonds. The van der Waals surface area contributed by atoms with E-state index in [-0.39, 0.29) is 12.5 Å². The predicted octanol–water partition coefficient (Wildman–Crippen LogP) is 5.23. The van der Waals surface area contributed by atoms with E-state index < -0.39 is 0 Å². The normalized spacial score (nSPS) is 10.3. The molecule has 0 unspecified atom stereocenters. The van der Waals surface area contributed by atoms with Crippen LogP contribution in [0, 0.1) is 6.92 Å². The van der Waals surface area contributed by atoms with Crippen LogP contribution in [0.25, 0.3) is 0 Å². The quantitative estimate of drug-likeness (QED) is 0.571. The number of amides is 1. The Balaban J connectivity index is 1.78. The molecule has 1 N–H and O–H groups in total. The number of methoxy groups -OCH3 is 1. The van der Waals surface area contributed by atoms with Gasteiger partial charge in [0, 0.05) is 22.9 Å². The van der Waals surface area contributed by atoms with Gasteiger partial charge in [-0.3, -0.25) is 4.79 Å². The average molecular weight is 391 g/mol. The first-order chi connectivity index (χ1) is 14.1. The lowest BCUT2D eigenvalue weighted by atomic mass is 10.1. The van der Waals surface area contributed by atoms with Crippen molar-refractivity contribution < 1.29 is 19.0 Å². The Morgan fingerprint density at radius 3 is 2.48 bits per heavy atom. The van der Waals surface area contributed by atoms with Crippen molar-refractivity contribution in [1.82, 2.24) is 0 Å². The van der Waals surface area contributed by atoms with Crippen LogP contribution >= 0.6 is 0 Å². The minimum Gasteiger partial charge on any atom is -0.497 e. The van der Waals surface area contributed by atoms with Gasteiger partial charge in [-0.05, 0) is 61.9 Å². The molecule has 5 heteroatoms. The molecule has 0 aromatic heterocycles. The highest BCUT2D eigenvalue weighted by Gasteiger charge is 2.12. The zero-order chi connectivity index (χ0) is 20.6. The number of carbonyl (C=O) groups is 1. The van der Waals surface area contributed by atoms with Gasteiger partial charge in [-0.15, -0.1) is 0 Å². The van der Waals surface area contributed by atoms with Gasteiger partial charge in [-0.1, -0.05) is 18.2 Å². The number of hydrogen-bond acceptors (Lipinski definition) is 4. The molecular formula is C24H25NO4. The first-order valence-electron chi connectivity index (χ1n) is 9.49. The van der Waals surface area contributed by atoms with Crippen molar-refractivity contribution in [2.45, 2.75) is 20.5 Å². The van der Waals surface area contributed by atoms with Crippen LogP contribution in [0.3, 0.4) is 0 Å². The Labute approximate surface area is 171 Å². The third-order valence-electron chi connectivity index (χ3n) is 4.33. The molecule has 0 radical (unpaired) electrons. The molecule has 3 aromatic carbocycles. The van der Waals surface area contributed by atoms with Crippen LogP contribution in [0.2, 0.25) is 0 Å². The van der Waals surface area contributed by atoms with Crippen molar-refractivity contribution in [1.29, 1.82) is 0 Å². The fourth-order valence-corrected chi connectivity index (χ4v) is 2.91. The summed E-state index contributed by atoms with van der Waals surface area (Å²) in [5.74, 6) is 1.92. The van der Waals surface area contributed by atoms with E-state index in [1.165, 1.54) is 0 Å². The van der Waals surface area contributed by atoms with Gasteiger partial charge in [0.05, 0.1) is 13.7 Å². The molecule has 0 saturated carbocycles. The minimum atomic E-state index is -0.179. The molecule has 0 atom stereocenters. The summed E-state index contributed by atoms with van der Waals surface area (Å²) in [6.07, 6.45) is 0. The van der Waals surface area contributed by atoms with Crippen LogP contribution in [0.15, 0.2) is 66.7 Å². The smallest absolute Gasteiger partial charge is 0.255 e. The van der Waals surface area contributed by atoms with Crippen LogP contribution < -0.4 is 19.5 Å². The molecular weight excluding hydrogens is 366 g/mol. The number of anilines is 1. The lowest BCUT2D eigenvalue weighted by Gasteiger charge is -2.14. The fourth-order valence-electron chi connectivity index (χ4n) is 2.91. The summed E-state index contributed by atoms with van der Waals surface area (Å²) < 4.78 is 16.8. The van der Waals surface area contributed by atoms with E-state index in [1.807, 2.05) is 62.4 Å². The van der Waals surface area contributed by atoms with E-state index in [9.17, 15) is 4.79 Å². The monoisotopic (exact) mass is 391 g/mol. The second-order valence-electron chi connectivity index (χ2n) is 6.55. The summed E-state index contributed by atoms with van der Waals surface area (Å²) in [7, 11) is 1.61. The van der Waals surface area contributed by atoms with E-state index in [4.69, 9.17) is 14.2 Å². The highest BCUT2D eigenvalue weighted by Crippen LogP contribution is 2.25. The average Bonchev–Trinajstić information content (AvgIpc) is 2.73. The first-order valence-corrected chi connectivity index (χ1v) is 9.49. The molecule has 0 fully saturated rings. The molecule has 5 nitrogen and oxygen atoms in total. The van der Waals surface area contributed by atoms with E-state index >= 15 is 0 Å². The molecule has 0 spiro atoms. The Morgan fingerprint density at radius 1 is 0.931 bits per heavy atom. The number of benzene rings is 3. The van der Waals surface area contributed by atoms with Gasteiger partial charge < -0.3 is 19.5 Å². The van der Waals surface area contributed by atoms with Crippen molar-refractivity contribution >= 4 is 11.6 Å². The van der Waals surface area contributed by atoms with Gasteiger partial charge in [0.2, 0.25) is 0 Å². The van der Waals surface area contributed by atoms with Crippen molar-refractivity contribution in [3.63, 3.8) is 0 Å². The number of nitrogens with one attached hydrogen (secondary N) is 1. The molecule has 0 aliphatic carbocycles. The lowest BCUT2D eigenvalue weighted by molar-refractivity contribution is 0.102. The Bertz CT molecular complexity index is 984. The number of aryl methyl sites for hydroxylation is 1. The molecule has 150 valence electrons. The van der Waals surface area contributed by atoms with Crippen LogP contribution in [0.1, 0.15) is 28.4 Å². The molecule has 0 heterocycles. The predicted molar refractivity (Wildman–Crippen MR) is 114 cm³/mol. The number of carbonyl (C=O) groups excluding carboxylic acids is 1. The third-order valence-corrected chi connectivity index (χ3v) is 4.33. The van der Waals surface area contributed by atoms with Gasteiger partial charge in [0.1, 0.15) is 23.9 Å². The third kappa shape index (κ3) is 5.51. The van der Waals surface area contributed by atoms with Crippen LogP contribution in [0.4, 0.5) is 5.69 Å². The summed E-state index contributed by atoms with van der Waals surface area (Å²) in [6, 6.07) is 20.5. The zero-order valence-corrected chi connectivity index (χ0v) is 16.9. The summed E-state index contributed by atoms with van der Waals surface area (Å²) in [5, 5.41) is 2.93. The van der Waals surface area contributed by atoms with Crippen LogP contribution in [0.5, 0.6) is 17.2 Å². The Morgan fingerprint density at radius 2 is 1.72 bits per heavy atom. The van der Waals surface area contributed by atoms with Gasteiger partial charge in [0.25, 0.3) is 5.91 Å². The topological polar surface area (TPSA) is 56.8 Å². The first kappa shape index (κ1) is 20.3. The molecule has 0 bridgehead atoms. The lowest BCUT2D eigenvalue weighted by Crippen LogP contribution is -2.13. The van der Waals surface area contributed by atoms with E-state index in [0.29, 0.717) is 23.7 Å². The summed E-state index contributed by atoms with van der Waals surface area (Å²) in [6.45, 7) is 4.71. The number of hydrogen-bond donors (Lipinski definition) is 1. The highest BCUT2D eigenvalue weighted by molar-refractivity contribution is 6.04. The number of ether oxygens (including phenoxy) is 3. The largest absolute Gasteiger partial charge is 0.497 e. The van der Waals surface area contributed by atoms with Crippen LogP contribution in [-0.2, 0) is 6.61 Å². The summed E-state index contributed by atoms with van der Waals surface area (Å²) in [5.41, 5.74) is 3.19. The second kappa shape index (κ2) is 9.64. The maximum Gasteiger partial charge on any atom is 0.255 e. The fraction of sp³-hybridized carbons (Fsp3) is 0.208. The van der Waals surface area contributed by atoms with Gasteiger partial charge in [-0.25, -0.2) is 0 Å². The van der Waals surface area contributed by atoms with Gasteiger partial charge in [0.15, 0.2) is 0 Å². The van der Waals surface area contributed by atoms with Crippen molar-refractivity contribution in [3.05, 3.63) is 83.4 Å². The summed E-state index contributed by atoms with van der Waals surface area (Å²) >= 11 is 0. The maximum absolute atomic E-state index is 12.7. The van der Waals surface area contributed by atoms with Gasteiger partial charge in [-0.2, -0.15) is 0 Å². The minimum absolute atomic E-state index is 0.179. The summed E-state index contributed by atoms with van der Waals surface area (Å²) in [4.78, 5) is 12.7. The molecule has 3 aromatic rings. The van der Waals surface area contributed by atoms with Crippen molar-refractivity contribution in [3.8, 4) is 17.2 Å². The number of rotatable bonds is 8. The van der Waals surface area contributed by atoms with Crippen LogP contribution in [-0.4, -0.2) is 19.6 Å². The Hall–Kier alpha value is -3.47. The molecule has 0 saturated heterocycles. The van der Waals surface area contributed by atoms with E-state index in [1.54, 1.807) is 25.3 Å². The van der Waals surface area contributed by atoms with Gasteiger partial charge >= 0.3 is 0 Å². The zero-order valence-electron chi connectivity index (χ0n) is 16.9. The second-order valence-corrected chi connectivity index (χ2v) is 6.55. The Kier molecular flexibility index (Phi) is 6.74. The maximum atomic E-state index is 12.7. The van der Waals surface area contributed by atoms with Crippen molar-refractivity contribution in [2.75, 3.05) is 19.0 Å². The molecule has 0 aliphatic rings. The molecule has 29 heavy (non-hydrogen) atoms. The highest BCUT2D eigenvalue weighted by atomic mass is 16.5. The molecule has 3 rings (SSSR count). The van der Waals surface area contributed by atoms with Crippen molar-refractivity contribution in [2.24, 2.45) is 0 Å². The standard InChI is InChI=1S/C24H25NO4/c1-4-28-23-12-11-18(24(26)25-20-8-5-7-17(2)13-20)14-19(23)16-29-22-10-6-9-21(15-22)27-3/h5-15H,4,16H2,1-3H3,(H,25,26). The van der Waals surface area contributed by atoms with E-state index in [2.05, 4.69) is 5.32 Å². The molecule has 0 aliphatic heterocycles. The van der Waals surface area contributed by atoms with E-state index in [0.717, 1.165) is 22.6 Å². The SMILES string of the molecule is CCOc1ccc(C(=O)Nc2cccc(C)c2)cc1COc1cccc(OC)c1.